The maximum Gasteiger partial charge on any atom is 0.408 e. The molecule has 8 heteroatoms. The van der Waals surface area contributed by atoms with Crippen LogP contribution in [0.2, 0.25) is 0 Å². The molecule has 4 heterocycles. The summed E-state index contributed by atoms with van der Waals surface area (Å²) < 4.78 is 37.4. The standard InChI is InChI=1S/C24H28N2O5S/c27-23(28)26-15-12-18-6-4-5-9-21(18)24(26,19-7-2-1-3-8-19)22(32(29,30)31)20-16-25-13-10-17(20)11-14-25/h1-9,17,20,22H,10-16H2,(H,27,28)(H,29,30,31)/t20-,22?,24-/m0/s1. The third kappa shape index (κ3) is 3.24. The minimum Gasteiger partial charge on any atom is -0.465 e. The van der Waals surface area contributed by atoms with Gasteiger partial charge in [-0.2, -0.15) is 8.42 Å². The predicted octanol–water partition coefficient (Wildman–Crippen LogP) is 3.06. The number of carboxylic acid groups (broad SMARTS) is 1. The summed E-state index contributed by atoms with van der Waals surface area (Å²) in [4.78, 5) is 16.2. The number of hydrogen-bond donors (Lipinski definition) is 2. The molecule has 2 bridgehead atoms. The van der Waals surface area contributed by atoms with Gasteiger partial charge in [0, 0.05) is 13.1 Å². The molecule has 32 heavy (non-hydrogen) atoms. The fourth-order valence-corrected chi connectivity index (χ4v) is 8.06. The second-order valence-electron chi connectivity index (χ2n) is 9.21. The highest BCUT2D eigenvalue weighted by molar-refractivity contribution is 7.86. The van der Waals surface area contributed by atoms with Crippen molar-refractivity contribution in [3.8, 4) is 0 Å². The molecule has 1 unspecified atom stereocenters. The van der Waals surface area contributed by atoms with E-state index in [9.17, 15) is 22.9 Å². The highest BCUT2D eigenvalue weighted by Crippen LogP contribution is 2.51. The van der Waals surface area contributed by atoms with Crippen molar-refractivity contribution in [2.75, 3.05) is 26.2 Å². The molecule has 170 valence electrons. The number of amides is 1. The molecule has 3 saturated heterocycles. The molecule has 2 aromatic carbocycles. The van der Waals surface area contributed by atoms with Gasteiger partial charge < -0.3 is 10.0 Å². The molecular formula is C24H28N2O5S. The van der Waals surface area contributed by atoms with Crippen LogP contribution in [0, 0.1) is 11.8 Å². The van der Waals surface area contributed by atoms with Gasteiger partial charge in [0.15, 0.2) is 0 Å². The zero-order valence-electron chi connectivity index (χ0n) is 17.8. The molecule has 2 N–H and O–H groups in total. The van der Waals surface area contributed by atoms with Crippen LogP contribution in [0.25, 0.3) is 0 Å². The minimum absolute atomic E-state index is 0.122. The molecule has 6 rings (SSSR count). The largest absolute Gasteiger partial charge is 0.465 e. The summed E-state index contributed by atoms with van der Waals surface area (Å²) in [6.07, 6.45) is 1.03. The fraction of sp³-hybridized carbons (Fsp3) is 0.458. The zero-order chi connectivity index (χ0) is 22.5. The Morgan fingerprint density at radius 3 is 2.25 bits per heavy atom. The fourth-order valence-electron chi connectivity index (χ4n) is 6.49. The Labute approximate surface area is 188 Å². The third-order valence-corrected chi connectivity index (χ3v) is 9.06. The van der Waals surface area contributed by atoms with Crippen LogP contribution in [-0.4, -0.2) is 65.4 Å². The summed E-state index contributed by atoms with van der Waals surface area (Å²) >= 11 is 0. The van der Waals surface area contributed by atoms with Gasteiger partial charge >= 0.3 is 6.09 Å². The Morgan fingerprint density at radius 1 is 1.00 bits per heavy atom. The molecule has 4 aliphatic heterocycles. The van der Waals surface area contributed by atoms with E-state index in [1.807, 2.05) is 30.3 Å². The molecule has 7 nitrogen and oxygen atoms in total. The van der Waals surface area contributed by atoms with Crippen LogP contribution in [0.15, 0.2) is 54.6 Å². The van der Waals surface area contributed by atoms with Gasteiger partial charge in [-0.05, 0) is 60.9 Å². The van der Waals surface area contributed by atoms with Crippen molar-refractivity contribution in [2.24, 2.45) is 11.8 Å². The van der Waals surface area contributed by atoms with Gasteiger partial charge in [0.25, 0.3) is 10.1 Å². The molecule has 0 aliphatic carbocycles. The molecule has 0 radical (unpaired) electrons. The van der Waals surface area contributed by atoms with Gasteiger partial charge in [-0.3, -0.25) is 9.45 Å². The Kier molecular flexibility index (Phi) is 5.27. The van der Waals surface area contributed by atoms with Gasteiger partial charge in [0.2, 0.25) is 0 Å². The topological polar surface area (TPSA) is 98.2 Å². The molecule has 3 atom stereocenters. The summed E-state index contributed by atoms with van der Waals surface area (Å²) in [7, 11) is -4.63. The van der Waals surface area contributed by atoms with Crippen LogP contribution in [0.1, 0.15) is 29.5 Å². The van der Waals surface area contributed by atoms with Crippen LogP contribution in [0.3, 0.4) is 0 Å². The maximum atomic E-state index is 13.3. The van der Waals surface area contributed by atoms with E-state index in [2.05, 4.69) is 4.90 Å². The predicted molar refractivity (Wildman–Crippen MR) is 120 cm³/mol. The molecule has 0 spiro atoms. The molecule has 4 aliphatic rings. The number of nitrogens with zero attached hydrogens (tertiary/aromatic N) is 2. The molecule has 1 amide bonds. The van der Waals surface area contributed by atoms with Crippen molar-refractivity contribution in [3.05, 3.63) is 71.3 Å². The molecular weight excluding hydrogens is 428 g/mol. The first-order valence-corrected chi connectivity index (χ1v) is 12.7. The second kappa shape index (κ2) is 7.86. The van der Waals surface area contributed by atoms with E-state index < -0.39 is 27.0 Å². The van der Waals surface area contributed by atoms with E-state index in [0.717, 1.165) is 31.5 Å². The smallest absolute Gasteiger partial charge is 0.408 e. The van der Waals surface area contributed by atoms with Crippen molar-refractivity contribution in [2.45, 2.75) is 30.1 Å². The summed E-state index contributed by atoms with van der Waals surface area (Å²) in [5.41, 5.74) is 0.620. The van der Waals surface area contributed by atoms with Crippen molar-refractivity contribution in [1.82, 2.24) is 9.80 Å². The van der Waals surface area contributed by atoms with E-state index in [0.29, 0.717) is 24.1 Å². The normalized spacial score (nSPS) is 30.5. The van der Waals surface area contributed by atoms with Crippen molar-refractivity contribution >= 4 is 16.2 Å². The first-order valence-electron chi connectivity index (χ1n) is 11.2. The van der Waals surface area contributed by atoms with E-state index in [1.165, 1.54) is 4.90 Å². The number of fused-ring (bicyclic) bond motifs is 4. The number of rotatable bonds is 4. The average Bonchev–Trinajstić information content (AvgIpc) is 2.79. The Morgan fingerprint density at radius 2 is 1.66 bits per heavy atom. The summed E-state index contributed by atoms with van der Waals surface area (Å²) in [6, 6.07) is 16.5. The number of carbonyl (C=O) groups is 1. The van der Waals surface area contributed by atoms with Crippen LogP contribution in [-0.2, 0) is 22.1 Å². The van der Waals surface area contributed by atoms with E-state index >= 15 is 0 Å². The number of piperidine rings is 3. The van der Waals surface area contributed by atoms with Crippen molar-refractivity contribution in [3.63, 3.8) is 0 Å². The SMILES string of the molecule is O=C(O)N1CCc2ccccc2[C@@]1(c1ccccc1)C([C@H]1CN2CCC1CC2)S(=O)(=O)O. The van der Waals surface area contributed by atoms with E-state index in [4.69, 9.17) is 0 Å². The minimum atomic E-state index is -4.63. The van der Waals surface area contributed by atoms with Gasteiger partial charge in [-0.1, -0.05) is 54.6 Å². The lowest BCUT2D eigenvalue weighted by molar-refractivity contribution is 0.00884. The maximum absolute atomic E-state index is 13.3. The molecule has 0 saturated carbocycles. The van der Waals surface area contributed by atoms with Crippen LogP contribution >= 0.6 is 0 Å². The Balaban J connectivity index is 1.85. The van der Waals surface area contributed by atoms with E-state index in [1.54, 1.807) is 24.3 Å². The van der Waals surface area contributed by atoms with E-state index in [-0.39, 0.29) is 18.4 Å². The first-order chi connectivity index (χ1) is 15.3. The molecule has 3 fully saturated rings. The van der Waals surface area contributed by atoms with Crippen molar-refractivity contribution in [1.29, 1.82) is 0 Å². The summed E-state index contributed by atoms with van der Waals surface area (Å²) in [6.45, 7) is 2.53. The van der Waals surface area contributed by atoms with Crippen LogP contribution < -0.4 is 0 Å². The number of hydrogen-bond acceptors (Lipinski definition) is 4. The van der Waals surface area contributed by atoms with Crippen LogP contribution in [0.5, 0.6) is 0 Å². The Hall–Kier alpha value is -2.42. The third-order valence-electron chi connectivity index (χ3n) is 7.73. The summed E-state index contributed by atoms with van der Waals surface area (Å²) in [5, 5.41) is 9.04. The Bertz CT molecular complexity index is 1110. The lowest BCUT2D eigenvalue weighted by Crippen LogP contribution is -2.67. The molecule has 2 aromatic rings. The highest BCUT2D eigenvalue weighted by Gasteiger charge is 2.61. The highest BCUT2D eigenvalue weighted by atomic mass is 32.2. The quantitative estimate of drug-likeness (QED) is 0.687. The van der Waals surface area contributed by atoms with Gasteiger partial charge in [-0.25, -0.2) is 4.79 Å². The number of benzene rings is 2. The monoisotopic (exact) mass is 456 g/mol. The molecule has 0 aromatic heterocycles. The van der Waals surface area contributed by atoms with Crippen molar-refractivity contribution < 1.29 is 22.9 Å². The average molecular weight is 457 g/mol. The lowest BCUT2D eigenvalue weighted by atomic mass is 9.65. The second-order valence-corrected chi connectivity index (χ2v) is 10.7. The first kappa shape index (κ1) is 21.4. The lowest BCUT2D eigenvalue weighted by Gasteiger charge is -2.56. The van der Waals surface area contributed by atoms with Gasteiger partial charge in [-0.15, -0.1) is 0 Å². The summed E-state index contributed by atoms with van der Waals surface area (Å²) in [5.74, 6) is -0.252. The zero-order valence-corrected chi connectivity index (χ0v) is 18.6. The van der Waals surface area contributed by atoms with Crippen LogP contribution in [0.4, 0.5) is 4.79 Å². The van der Waals surface area contributed by atoms with Gasteiger partial charge in [0.1, 0.15) is 10.8 Å². The van der Waals surface area contributed by atoms with Gasteiger partial charge in [0.05, 0.1) is 0 Å².